The third-order valence-electron chi connectivity index (χ3n) is 3.24. The Bertz CT molecular complexity index is 156. The number of aliphatic hydroxyl groups excluding tert-OH is 1. The average molecular weight is 250 g/mol. The molecule has 3 heteroatoms. The average Bonchev–Trinajstić information content (AvgIpc) is 2.41. The van der Waals surface area contributed by atoms with Gasteiger partial charge in [-0.1, -0.05) is 39.5 Å². The molecule has 98 valence electrons. The van der Waals surface area contributed by atoms with Crippen molar-refractivity contribution in [1.29, 1.82) is 0 Å². The summed E-state index contributed by atoms with van der Waals surface area (Å²) in [5, 5.41) is 13.3. The zero-order valence-electron chi connectivity index (χ0n) is 10.7. The minimum absolute atomic E-state index is 0. The van der Waals surface area contributed by atoms with Crippen molar-refractivity contribution in [3.05, 3.63) is 0 Å². The molecule has 0 radical (unpaired) electrons. The van der Waals surface area contributed by atoms with Crippen LogP contribution in [-0.4, -0.2) is 23.8 Å². The first-order valence-electron chi connectivity index (χ1n) is 6.60. The van der Waals surface area contributed by atoms with Gasteiger partial charge in [-0.15, -0.1) is 12.4 Å². The Labute approximate surface area is 107 Å². The lowest BCUT2D eigenvalue weighted by Gasteiger charge is -2.20. The summed E-state index contributed by atoms with van der Waals surface area (Å²) in [5.41, 5.74) is 0. The molecule has 0 bridgehead atoms. The highest BCUT2D eigenvalue weighted by molar-refractivity contribution is 5.85. The van der Waals surface area contributed by atoms with Crippen LogP contribution < -0.4 is 5.32 Å². The second kappa shape index (κ2) is 9.26. The van der Waals surface area contributed by atoms with Gasteiger partial charge in [-0.05, 0) is 25.2 Å². The topological polar surface area (TPSA) is 32.3 Å². The maximum absolute atomic E-state index is 9.76. The third-order valence-corrected chi connectivity index (χ3v) is 3.24. The molecule has 2 nitrogen and oxygen atoms in total. The maximum atomic E-state index is 9.76. The van der Waals surface area contributed by atoms with E-state index in [4.69, 9.17) is 0 Å². The second-order valence-corrected chi connectivity index (χ2v) is 5.38. The van der Waals surface area contributed by atoms with Crippen LogP contribution in [0.3, 0.4) is 0 Å². The Kier molecular flexibility index (Phi) is 9.38. The van der Waals surface area contributed by atoms with E-state index >= 15 is 0 Å². The van der Waals surface area contributed by atoms with Crippen molar-refractivity contribution in [3.63, 3.8) is 0 Å². The van der Waals surface area contributed by atoms with Crippen LogP contribution in [0, 0.1) is 5.92 Å². The SMILES string of the molecule is CC(C)CC(O)CNC1CCCCCC1.Cl. The summed E-state index contributed by atoms with van der Waals surface area (Å²) in [5.74, 6) is 0.593. The van der Waals surface area contributed by atoms with Crippen molar-refractivity contribution < 1.29 is 5.11 Å². The van der Waals surface area contributed by atoms with Crippen molar-refractivity contribution in [3.8, 4) is 0 Å². The molecule has 0 heterocycles. The molecule has 0 amide bonds. The number of nitrogens with one attached hydrogen (secondary N) is 1. The summed E-state index contributed by atoms with van der Waals surface area (Å²) in [7, 11) is 0. The molecule has 1 aliphatic rings. The summed E-state index contributed by atoms with van der Waals surface area (Å²) >= 11 is 0. The van der Waals surface area contributed by atoms with E-state index in [1.54, 1.807) is 0 Å². The van der Waals surface area contributed by atoms with Crippen LogP contribution in [0.5, 0.6) is 0 Å². The smallest absolute Gasteiger partial charge is 0.0667 e. The number of rotatable bonds is 5. The lowest BCUT2D eigenvalue weighted by atomic mass is 10.0. The van der Waals surface area contributed by atoms with Crippen molar-refractivity contribution in [1.82, 2.24) is 5.32 Å². The van der Waals surface area contributed by atoms with Crippen molar-refractivity contribution >= 4 is 12.4 Å². The van der Waals surface area contributed by atoms with Gasteiger partial charge in [0.15, 0.2) is 0 Å². The van der Waals surface area contributed by atoms with Gasteiger partial charge in [-0.2, -0.15) is 0 Å². The molecule has 1 atom stereocenters. The zero-order valence-corrected chi connectivity index (χ0v) is 11.6. The van der Waals surface area contributed by atoms with Crippen LogP contribution in [0.4, 0.5) is 0 Å². The molecular weight excluding hydrogens is 222 g/mol. The Morgan fingerprint density at radius 3 is 2.19 bits per heavy atom. The summed E-state index contributed by atoms with van der Waals surface area (Å²) in [4.78, 5) is 0. The molecule has 0 aromatic rings. The van der Waals surface area contributed by atoms with E-state index in [0.717, 1.165) is 13.0 Å². The number of hydrogen-bond acceptors (Lipinski definition) is 2. The molecule has 16 heavy (non-hydrogen) atoms. The molecule has 0 spiro atoms. The molecule has 0 aromatic carbocycles. The minimum Gasteiger partial charge on any atom is -0.392 e. The molecule has 0 saturated heterocycles. The van der Waals surface area contributed by atoms with E-state index in [1.165, 1.54) is 38.5 Å². The number of hydrogen-bond donors (Lipinski definition) is 2. The third kappa shape index (κ3) is 7.48. The van der Waals surface area contributed by atoms with Gasteiger partial charge in [0.1, 0.15) is 0 Å². The zero-order chi connectivity index (χ0) is 11.1. The highest BCUT2D eigenvalue weighted by Gasteiger charge is 2.13. The van der Waals surface area contributed by atoms with E-state index in [9.17, 15) is 5.11 Å². The normalized spacial score (nSPS) is 20.2. The first kappa shape index (κ1) is 16.2. The van der Waals surface area contributed by atoms with Crippen LogP contribution in [0.1, 0.15) is 58.8 Å². The molecule has 1 fully saturated rings. The number of halogens is 1. The fourth-order valence-corrected chi connectivity index (χ4v) is 2.41. The molecule has 1 saturated carbocycles. The standard InChI is InChI=1S/C13H27NO.ClH/c1-11(2)9-13(15)10-14-12-7-5-3-4-6-8-12;/h11-15H,3-10H2,1-2H3;1H. The van der Waals surface area contributed by atoms with Crippen molar-refractivity contribution in [2.45, 2.75) is 70.9 Å². The quantitative estimate of drug-likeness (QED) is 0.734. The lowest BCUT2D eigenvalue weighted by molar-refractivity contribution is 0.141. The first-order chi connectivity index (χ1) is 7.18. The van der Waals surface area contributed by atoms with Crippen molar-refractivity contribution in [2.75, 3.05) is 6.54 Å². The molecule has 2 N–H and O–H groups in total. The summed E-state index contributed by atoms with van der Waals surface area (Å²) in [6, 6.07) is 0.661. The molecular formula is C13H28ClNO. The Balaban J connectivity index is 0.00000225. The molecule has 1 unspecified atom stereocenters. The number of aliphatic hydroxyl groups is 1. The van der Waals surface area contributed by atoms with Gasteiger partial charge in [-0.3, -0.25) is 0 Å². The van der Waals surface area contributed by atoms with Gasteiger partial charge in [0.25, 0.3) is 0 Å². The first-order valence-corrected chi connectivity index (χ1v) is 6.60. The predicted octanol–water partition coefficient (Wildman–Crippen LogP) is 3.13. The van der Waals surface area contributed by atoms with Gasteiger partial charge in [0.05, 0.1) is 6.10 Å². The molecule has 0 aromatic heterocycles. The fourth-order valence-electron chi connectivity index (χ4n) is 2.41. The van der Waals surface area contributed by atoms with Gasteiger partial charge >= 0.3 is 0 Å². The maximum Gasteiger partial charge on any atom is 0.0667 e. The molecule has 1 aliphatic carbocycles. The van der Waals surface area contributed by atoms with E-state index in [-0.39, 0.29) is 18.5 Å². The monoisotopic (exact) mass is 249 g/mol. The fraction of sp³-hybridized carbons (Fsp3) is 1.00. The van der Waals surface area contributed by atoms with Gasteiger partial charge in [0.2, 0.25) is 0 Å². The molecule has 0 aliphatic heterocycles. The summed E-state index contributed by atoms with van der Waals surface area (Å²) in [6.45, 7) is 5.10. The van der Waals surface area contributed by atoms with E-state index in [0.29, 0.717) is 12.0 Å². The van der Waals surface area contributed by atoms with Crippen LogP contribution >= 0.6 is 12.4 Å². The van der Waals surface area contributed by atoms with Gasteiger partial charge in [-0.25, -0.2) is 0 Å². The Morgan fingerprint density at radius 2 is 1.69 bits per heavy atom. The van der Waals surface area contributed by atoms with Crippen LogP contribution in [0.2, 0.25) is 0 Å². The summed E-state index contributed by atoms with van der Waals surface area (Å²) in [6.07, 6.45) is 8.87. The van der Waals surface area contributed by atoms with Crippen LogP contribution in [0.15, 0.2) is 0 Å². The largest absolute Gasteiger partial charge is 0.392 e. The van der Waals surface area contributed by atoms with E-state index in [1.807, 2.05) is 0 Å². The minimum atomic E-state index is -0.159. The Morgan fingerprint density at radius 1 is 1.12 bits per heavy atom. The highest BCUT2D eigenvalue weighted by Crippen LogP contribution is 2.17. The van der Waals surface area contributed by atoms with Gasteiger partial charge in [0, 0.05) is 12.6 Å². The van der Waals surface area contributed by atoms with Gasteiger partial charge < -0.3 is 10.4 Å². The predicted molar refractivity (Wildman–Crippen MR) is 72.2 cm³/mol. The van der Waals surface area contributed by atoms with E-state index in [2.05, 4.69) is 19.2 Å². The van der Waals surface area contributed by atoms with Crippen molar-refractivity contribution in [2.24, 2.45) is 5.92 Å². The van der Waals surface area contributed by atoms with Crippen LogP contribution in [0.25, 0.3) is 0 Å². The molecule has 1 rings (SSSR count). The highest BCUT2D eigenvalue weighted by atomic mass is 35.5. The van der Waals surface area contributed by atoms with Crippen LogP contribution in [-0.2, 0) is 0 Å². The Hall–Kier alpha value is 0.210. The second-order valence-electron chi connectivity index (χ2n) is 5.38. The van der Waals surface area contributed by atoms with E-state index < -0.39 is 0 Å². The lowest BCUT2D eigenvalue weighted by Crippen LogP contribution is -2.35. The summed E-state index contributed by atoms with van der Waals surface area (Å²) < 4.78 is 0.